The highest BCUT2D eigenvalue weighted by Gasteiger charge is 2.24. The minimum absolute atomic E-state index is 0.00724. The zero-order chi connectivity index (χ0) is 21.4. The van der Waals surface area contributed by atoms with Gasteiger partial charge < -0.3 is 4.90 Å². The molecule has 5 nitrogen and oxygen atoms in total. The Hall–Kier alpha value is -3.51. The van der Waals surface area contributed by atoms with Crippen molar-refractivity contribution in [3.05, 3.63) is 83.9 Å². The normalized spacial score (nSPS) is 12.9. The van der Waals surface area contributed by atoms with E-state index >= 15 is 0 Å². The van der Waals surface area contributed by atoms with Gasteiger partial charge in [0.25, 0.3) is 0 Å². The standard InChI is InChI=1S/C25H19N3O2S/c1-28-21-12-11-17(13-18(21)14-23(28)30)22(29)15-31-25-20-10-6-5-9-19(20)24(26-27-25)16-7-3-2-4-8-16/h2-13H,14-15H2,1H3. The second-order valence-corrected chi connectivity index (χ2v) is 8.41. The van der Waals surface area contributed by atoms with Crippen molar-refractivity contribution in [2.24, 2.45) is 0 Å². The van der Waals surface area contributed by atoms with Crippen LogP contribution in [0.3, 0.4) is 0 Å². The Labute approximate surface area is 184 Å². The molecule has 4 aromatic rings. The van der Waals surface area contributed by atoms with Crippen LogP contribution in [0.5, 0.6) is 0 Å². The van der Waals surface area contributed by atoms with E-state index in [1.54, 1.807) is 18.0 Å². The summed E-state index contributed by atoms with van der Waals surface area (Å²) in [7, 11) is 1.76. The molecule has 1 amide bonds. The summed E-state index contributed by atoms with van der Waals surface area (Å²) in [6.07, 6.45) is 0.344. The van der Waals surface area contributed by atoms with Crippen LogP contribution in [0.4, 0.5) is 5.69 Å². The van der Waals surface area contributed by atoms with Gasteiger partial charge in [-0.1, -0.05) is 66.4 Å². The summed E-state index contributed by atoms with van der Waals surface area (Å²) >= 11 is 1.39. The molecule has 0 radical (unpaired) electrons. The Morgan fingerprint density at radius 3 is 2.52 bits per heavy atom. The van der Waals surface area contributed by atoms with Gasteiger partial charge in [0.05, 0.1) is 12.2 Å². The lowest BCUT2D eigenvalue weighted by molar-refractivity contribution is -0.117. The van der Waals surface area contributed by atoms with Gasteiger partial charge in [-0.2, -0.15) is 0 Å². The summed E-state index contributed by atoms with van der Waals surface area (Å²) in [6.45, 7) is 0. The average Bonchev–Trinajstić information content (AvgIpc) is 3.10. The summed E-state index contributed by atoms with van der Waals surface area (Å²) in [5.41, 5.74) is 4.24. The maximum Gasteiger partial charge on any atom is 0.231 e. The number of carbonyl (C=O) groups excluding carboxylic acids is 2. The minimum atomic E-state index is 0.00724. The van der Waals surface area contributed by atoms with Crippen molar-refractivity contribution in [2.75, 3.05) is 17.7 Å². The molecule has 0 aliphatic carbocycles. The van der Waals surface area contributed by atoms with Gasteiger partial charge in [-0.05, 0) is 23.8 Å². The quantitative estimate of drug-likeness (QED) is 0.340. The monoisotopic (exact) mass is 425 g/mol. The number of hydrogen-bond acceptors (Lipinski definition) is 5. The third-order valence-electron chi connectivity index (χ3n) is 5.52. The van der Waals surface area contributed by atoms with Crippen molar-refractivity contribution in [1.29, 1.82) is 0 Å². The molecule has 1 aliphatic rings. The fourth-order valence-electron chi connectivity index (χ4n) is 3.86. The average molecular weight is 426 g/mol. The van der Waals surface area contributed by atoms with Crippen molar-refractivity contribution in [3.63, 3.8) is 0 Å². The maximum absolute atomic E-state index is 12.8. The maximum atomic E-state index is 12.8. The van der Waals surface area contributed by atoms with Gasteiger partial charge in [-0.25, -0.2) is 0 Å². The first kappa shape index (κ1) is 19.5. The molecule has 1 aromatic heterocycles. The molecule has 1 aliphatic heterocycles. The number of Topliss-reactive ketones (excluding diaryl/α,β-unsaturated/α-hetero) is 1. The number of benzene rings is 3. The molecular formula is C25H19N3O2S. The minimum Gasteiger partial charge on any atom is -0.315 e. The summed E-state index contributed by atoms with van der Waals surface area (Å²) in [4.78, 5) is 26.4. The largest absolute Gasteiger partial charge is 0.315 e. The smallest absolute Gasteiger partial charge is 0.231 e. The molecule has 0 unspecified atom stereocenters. The van der Waals surface area contributed by atoms with Gasteiger partial charge in [-0.15, -0.1) is 10.2 Å². The second kappa shape index (κ2) is 7.96. The van der Waals surface area contributed by atoms with E-state index < -0.39 is 0 Å². The molecule has 3 aromatic carbocycles. The van der Waals surface area contributed by atoms with E-state index in [4.69, 9.17) is 0 Å². The molecule has 0 saturated heterocycles. The number of nitrogens with zero attached hydrogens (tertiary/aromatic N) is 3. The number of amides is 1. The summed E-state index contributed by atoms with van der Waals surface area (Å²) in [5.74, 6) is 0.313. The summed E-state index contributed by atoms with van der Waals surface area (Å²) in [5, 5.41) is 11.6. The lowest BCUT2D eigenvalue weighted by atomic mass is 10.1. The number of anilines is 1. The molecule has 0 N–H and O–H groups in total. The number of likely N-dealkylation sites (N-methyl/N-ethyl adjacent to an activating group) is 1. The van der Waals surface area contributed by atoms with Crippen molar-refractivity contribution < 1.29 is 9.59 Å². The summed E-state index contributed by atoms with van der Waals surface area (Å²) < 4.78 is 0. The van der Waals surface area contributed by atoms with Crippen LogP contribution in [0.2, 0.25) is 0 Å². The van der Waals surface area contributed by atoms with Crippen LogP contribution in [-0.4, -0.2) is 34.7 Å². The van der Waals surface area contributed by atoms with Crippen LogP contribution in [0.1, 0.15) is 15.9 Å². The highest BCUT2D eigenvalue weighted by molar-refractivity contribution is 8.00. The zero-order valence-corrected chi connectivity index (χ0v) is 17.7. The molecule has 152 valence electrons. The van der Waals surface area contributed by atoms with Crippen molar-refractivity contribution in [2.45, 2.75) is 11.4 Å². The molecule has 0 saturated carbocycles. The SMILES string of the molecule is CN1C(=O)Cc2cc(C(=O)CSc3nnc(-c4ccccc4)c4ccccc34)ccc21. The Morgan fingerprint density at radius 1 is 0.968 bits per heavy atom. The van der Waals surface area contributed by atoms with Crippen LogP contribution < -0.4 is 4.90 Å². The number of thioether (sulfide) groups is 1. The van der Waals surface area contributed by atoms with E-state index in [0.29, 0.717) is 12.0 Å². The van der Waals surface area contributed by atoms with Crippen LogP contribution >= 0.6 is 11.8 Å². The molecule has 6 heteroatoms. The number of carbonyl (C=O) groups is 2. The van der Waals surface area contributed by atoms with Gasteiger partial charge in [0, 0.05) is 34.6 Å². The van der Waals surface area contributed by atoms with E-state index in [2.05, 4.69) is 10.2 Å². The van der Waals surface area contributed by atoms with Gasteiger partial charge in [0.1, 0.15) is 10.7 Å². The van der Waals surface area contributed by atoms with Crippen LogP contribution in [0.15, 0.2) is 77.8 Å². The lowest BCUT2D eigenvalue weighted by Gasteiger charge is -2.11. The number of rotatable bonds is 5. The third kappa shape index (κ3) is 3.59. The molecule has 2 heterocycles. The molecule has 31 heavy (non-hydrogen) atoms. The first-order chi connectivity index (χ1) is 15.1. The molecule has 5 rings (SSSR count). The van der Waals surface area contributed by atoms with Crippen LogP contribution in [0.25, 0.3) is 22.0 Å². The Balaban J connectivity index is 1.40. The van der Waals surface area contributed by atoms with Crippen molar-refractivity contribution in [1.82, 2.24) is 10.2 Å². The second-order valence-electron chi connectivity index (χ2n) is 7.45. The number of hydrogen-bond donors (Lipinski definition) is 0. The van der Waals surface area contributed by atoms with Gasteiger partial charge in [0.15, 0.2) is 5.78 Å². The topological polar surface area (TPSA) is 63.2 Å². The van der Waals surface area contributed by atoms with E-state index in [0.717, 1.165) is 38.3 Å². The Bertz CT molecular complexity index is 1320. The predicted molar refractivity (Wildman–Crippen MR) is 124 cm³/mol. The molecule has 0 atom stereocenters. The van der Waals surface area contributed by atoms with E-state index in [9.17, 15) is 9.59 Å². The first-order valence-electron chi connectivity index (χ1n) is 9.98. The van der Waals surface area contributed by atoms with Gasteiger partial charge in [0.2, 0.25) is 5.91 Å². The molecule has 0 bridgehead atoms. The Kier molecular flexibility index (Phi) is 5.00. The first-order valence-corrected chi connectivity index (χ1v) is 11.0. The predicted octanol–water partition coefficient (Wildman–Crippen LogP) is 4.79. The zero-order valence-electron chi connectivity index (χ0n) is 16.9. The highest BCUT2D eigenvalue weighted by atomic mass is 32.2. The fourth-order valence-corrected chi connectivity index (χ4v) is 4.72. The molecule has 0 spiro atoms. The van der Waals surface area contributed by atoms with Gasteiger partial charge in [-0.3, -0.25) is 9.59 Å². The summed E-state index contributed by atoms with van der Waals surface area (Å²) in [6, 6.07) is 23.4. The van der Waals surface area contributed by atoms with E-state index in [-0.39, 0.29) is 17.4 Å². The molecule has 0 fully saturated rings. The van der Waals surface area contributed by atoms with E-state index in [1.165, 1.54) is 11.8 Å². The molecular weight excluding hydrogens is 406 g/mol. The lowest BCUT2D eigenvalue weighted by Crippen LogP contribution is -2.20. The van der Waals surface area contributed by atoms with Crippen molar-refractivity contribution >= 4 is 39.9 Å². The number of aromatic nitrogens is 2. The van der Waals surface area contributed by atoms with E-state index in [1.807, 2.05) is 66.7 Å². The van der Waals surface area contributed by atoms with Gasteiger partial charge >= 0.3 is 0 Å². The third-order valence-corrected chi connectivity index (χ3v) is 6.50. The Morgan fingerprint density at radius 2 is 1.71 bits per heavy atom. The van der Waals surface area contributed by atoms with Crippen LogP contribution in [-0.2, 0) is 11.2 Å². The number of fused-ring (bicyclic) bond motifs is 2. The highest BCUT2D eigenvalue weighted by Crippen LogP contribution is 2.33. The van der Waals surface area contributed by atoms with Crippen LogP contribution in [0, 0.1) is 0 Å². The number of ketones is 1. The van der Waals surface area contributed by atoms with Crippen molar-refractivity contribution in [3.8, 4) is 11.3 Å². The fraction of sp³-hybridized carbons (Fsp3) is 0.120.